The minimum absolute atomic E-state index is 0.327. The first-order valence-electron chi connectivity index (χ1n) is 5.30. The maximum atomic E-state index is 11.4. The second-order valence-electron chi connectivity index (χ2n) is 4.00. The van der Waals surface area contributed by atoms with Gasteiger partial charge in [-0.05, 0) is 32.7 Å². The standard InChI is InChI=1S/C10H23NO2S/c1-5-7-14(12,13)8-6-9(2)10(3)11-4/h9-11H,5-8H2,1-4H3. The van der Waals surface area contributed by atoms with Crippen molar-refractivity contribution >= 4 is 9.84 Å². The number of hydrogen-bond acceptors (Lipinski definition) is 3. The van der Waals surface area contributed by atoms with Gasteiger partial charge in [-0.15, -0.1) is 0 Å². The van der Waals surface area contributed by atoms with E-state index in [9.17, 15) is 8.42 Å². The molecule has 0 heterocycles. The maximum Gasteiger partial charge on any atom is 0.150 e. The number of sulfone groups is 1. The molecule has 4 heteroatoms. The van der Waals surface area contributed by atoms with E-state index >= 15 is 0 Å². The number of nitrogens with one attached hydrogen (secondary N) is 1. The second kappa shape index (κ2) is 6.40. The van der Waals surface area contributed by atoms with E-state index in [2.05, 4.69) is 19.2 Å². The zero-order valence-electron chi connectivity index (χ0n) is 9.71. The molecule has 14 heavy (non-hydrogen) atoms. The molecule has 0 fully saturated rings. The first kappa shape index (κ1) is 13.9. The number of rotatable bonds is 7. The molecule has 0 radical (unpaired) electrons. The van der Waals surface area contributed by atoms with Crippen LogP contribution in [0.25, 0.3) is 0 Å². The molecule has 0 saturated carbocycles. The van der Waals surface area contributed by atoms with Crippen LogP contribution in [0, 0.1) is 5.92 Å². The lowest BCUT2D eigenvalue weighted by atomic mass is 10.0. The van der Waals surface area contributed by atoms with Crippen molar-refractivity contribution in [2.45, 2.75) is 39.7 Å². The van der Waals surface area contributed by atoms with Crippen molar-refractivity contribution in [2.75, 3.05) is 18.6 Å². The minimum Gasteiger partial charge on any atom is -0.317 e. The van der Waals surface area contributed by atoms with Crippen LogP contribution in [0.2, 0.25) is 0 Å². The van der Waals surface area contributed by atoms with Crippen LogP contribution in [0.3, 0.4) is 0 Å². The van der Waals surface area contributed by atoms with Crippen LogP contribution in [-0.2, 0) is 9.84 Å². The Morgan fingerprint density at radius 1 is 1.21 bits per heavy atom. The summed E-state index contributed by atoms with van der Waals surface area (Å²) in [5.41, 5.74) is 0. The summed E-state index contributed by atoms with van der Waals surface area (Å²) >= 11 is 0. The lowest BCUT2D eigenvalue weighted by Gasteiger charge is -2.18. The quantitative estimate of drug-likeness (QED) is 0.707. The molecular formula is C10H23NO2S. The summed E-state index contributed by atoms with van der Waals surface area (Å²) < 4.78 is 22.9. The fourth-order valence-electron chi connectivity index (χ4n) is 1.31. The Morgan fingerprint density at radius 2 is 1.79 bits per heavy atom. The van der Waals surface area contributed by atoms with Gasteiger partial charge in [-0.2, -0.15) is 0 Å². The molecule has 0 rings (SSSR count). The third kappa shape index (κ3) is 5.60. The Labute approximate surface area is 88.2 Å². The molecule has 0 spiro atoms. The van der Waals surface area contributed by atoms with E-state index in [1.165, 1.54) is 0 Å². The highest BCUT2D eigenvalue weighted by molar-refractivity contribution is 7.91. The summed E-state index contributed by atoms with van der Waals surface area (Å²) in [6.07, 6.45) is 1.47. The molecule has 3 nitrogen and oxygen atoms in total. The Hall–Kier alpha value is -0.0900. The van der Waals surface area contributed by atoms with Crippen molar-refractivity contribution in [1.82, 2.24) is 5.32 Å². The molecule has 0 amide bonds. The third-order valence-corrected chi connectivity index (χ3v) is 4.60. The molecule has 0 bridgehead atoms. The van der Waals surface area contributed by atoms with Crippen LogP contribution in [0.5, 0.6) is 0 Å². The molecule has 1 N–H and O–H groups in total. The Balaban J connectivity index is 3.93. The highest BCUT2D eigenvalue weighted by atomic mass is 32.2. The van der Waals surface area contributed by atoms with Crippen LogP contribution in [0.4, 0.5) is 0 Å². The van der Waals surface area contributed by atoms with E-state index in [0.717, 1.165) is 12.8 Å². The maximum absolute atomic E-state index is 11.4. The average molecular weight is 221 g/mol. The summed E-state index contributed by atoms with van der Waals surface area (Å²) in [5, 5.41) is 3.14. The molecule has 0 aliphatic carbocycles. The van der Waals surface area contributed by atoms with Gasteiger partial charge in [0.05, 0.1) is 5.75 Å². The normalized spacial score (nSPS) is 16.6. The molecule has 0 saturated heterocycles. The first-order chi connectivity index (χ1) is 6.43. The smallest absolute Gasteiger partial charge is 0.150 e. The van der Waals surface area contributed by atoms with Gasteiger partial charge in [-0.1, -0.05) is 13.8 Å². The minimum atomic E-state index is -2.80. The summed E-state index contributed by atoms with van der Waals surface area (Å²) in [6, 6.07) is 0.381. The van der Waals surface area contributed by atoms with Gasteiger partial charge in [0.2, 0.25) is 0 Å². The summed E-state index contributed by atoms with van der Waals surface area (Å²) in [7, 11) is -0.892. The van der Waals surface area contributed by atoms with Gasteiger partial charge < -0.3 is 5.32 Å². The highest BCUT2D eigenvalue weighted by Crippen LogP contribution is 2.10. The molecule has 2 atom stereocenters. The van der Waals surface area contributed by atoms with Crippen molar-refractivity contribution in [3.8, 4) is 0 Å². The molecule has 0 aromatic heterocycles. The van der Waals surface area contributed by atoms with Crippen LogP contribution >= 0.6 is 0 Å². The van der Waals surface area contributed by atoms with Gasteiger partial charge in [0.1, 0.15) is 9.84 Å². The Kier molecular flexibility index (Phi) is 6.36. The lowest BCUT2D eigenvalue weighted by molar-refractivity contribution is 0.414. The van der Waals surface area contributed by atoms with E-state index in [4.69, 9.17) is 0 Å². The van der Waals surface area contributed by atoms with E-state index in [0.29, 0.717) is 23.5 Å². The van der Waals surface area contributed by atoms with Gasteiger partial charge in [0, 0.05) is 11.8 Å². The zero-order valence-corrected chi connectivity index (χ0v) is 10.5. The van der Waals surface area contributed by atoms with Crippen LogP contribution < -0.4 is 5.32 Å². The largest absolute Gasteiger partial charge is 0.317 e. The van der Waals surface area contributed by atoms with Crippen molar-refractivity contribution in [2.24, 2.45) is 5.92 Å². The fourth-order valence-corrected chi connectivity index (χ4v) is 2.87. The molecule has 86 valence electrons. The van der Waals surface area contributed by atoms with Crippen LogP contribution in [-0.4, -0.2) is 33.0 Å². The van der Waals surface area contributed by atoms with Crippen molar-refractivity contribution in [3.05, 3.63) is 0 Å². The first-order valence-corrected chi connectivity index (χ1v) is 7.12. The molecule has 0 aromatic rings. The van der Waals surface area contributed by atoms with Gasteiger partial charge in [0.15, 0.2) is 0 Å². The lowest BCUT2D eigenvalue weighted by Crippen LogP contribution is -2.30. The predicted molar refractivity (Wildman–Crippen MR) is 61.2 cm³/mol. The Morgan fingerprint density at radius 3 is 2.21 bits per heavy atom. The molecule has 2 unspecified atom stereocenters. The van der Waals surface area contributed by atoms with E-state index in [-0.39, 0.29) is 0 Å². The summed E-state index contributed by atoms with van der Waals surface area (Å²) in [4.78, 5) is 0. The highest BCUT2D eigenvalue weighted by Gasteiger charge is 2.15. The SMILES string of the molecule is CCCS(=O)(=O)CCC(C)C(C)NC. The van der Waals surface area contributed by atoms with Gasteiger partial charge in [-0.3, -0.25) is 0 Å². The summed E-state index contributed by atoms with van der Waals surface area (Å²) in [5.74, 6) is 1.06. The van der Waals surface area contributed by atoms with Crippen molar-refractivity contribution < 1.29 is 8.42 Å². The van der Waals surface area contributed by atoms with Gasteiger partial charge in [0.25, 0.3) is 0 Å². The van der Waals surface area contributed by atoms with Crippen LogP contribution in [0.15, 0.2) is 0 Å². The zero-order chi connectivity index (χ0) is 11.2. The molecule has 0 aliphatic heterocycles. The predicted octanol–water partition coefficient (Wildman–Crippen LogP) is 1.45. The second-order valence-corrected chi connectivity index (χ2v) is 6.30. The van der Waals surface area contributed by atoms with Crippen molar-refractivity contribution in [3.63, 3.8) is 0 Å². The monoisotopic (exact) mass is 221 g/mol. The van der Waals surface area contributed by atoms with Gasteiger partial charge in [-0.25, -0.2) is 8.42 Å². The molecule has 0 aliphatic rings. The average Bonchev–Trinajstić information content (AvgIpc) is 2.13. The Bertz CT molecular complexity index is 237. The van der Waals surface area contributed by atoms with Gasteiger partial charge >= 0.3 is 0 Å². The van der Waals surface area contributed by atoms with E-state index in [1.54, 1.807) is 0 Å². The molecular weight excluding hydrogens is 198 g/mol. The molecule has 0 aromatic carbocycles. The number of hydrogen-bond donors (Lipinski definition) is 1. The van der Waals surface area contributed by atoms with Crippen LogP contribution in [0.1, 0.15) is 33.6 Å². The van der Waals surface area contributed by atoms with Crippen molar-refractivity contribution in [1.29, 1.82) is 0 Å². The summed E-state index contributed by atoms with van der Waals surface area (Å²) in [6.45, 7) is 6.07. The third-order valence-electron chi connectivity index (χ3n) is 2.71. The topological polar surface area (TPSA) is 46.2 Å². The van der Waals surface area contributed by atoms with E-state index in [1.807, 2.05) is 14.0 Å². The van der Waals surface area contributed by atoms with E-state index < -0.39 is 9.84 Å². The fraction of sp³-hybridized carbons (Fsp3) is 1.00.